The third-order valence-corrected chi connectivity index (χ3v) is 3.99. The van der Waals surface area contributed by atoms with Crippen LogP contribution in [0, 0.1) is 0 Å². The molecule has 2 rings (SSSR count). The predicted octanol–water partition coefficient (Wildman–Crippen LogP) is 3.85. The van der Waals surface area contributed by atoms with Crippen LogP contribution in [0.4, 0.5) is 0 Å². The first-order valence-electron chi connectivity index (χ1n) is 6.30. The molecular formula is C14H16Cl3NO2. The van der Waals surface area contributed by atoms with E-state index in [0.717, 1.165) is 0 Å². The molecule has 0 saturated carbocycles. The average Bonchev–Trinajstić information content (AvgIpc) is 2.36. The normalized spacial score (nSPS) is 21.9. The van der Waals surface area contributed by atoms with Crippen molar-refractivity contribution in [2.24, 2.45) is 0 Å². The maximum absolute atomic E-state index is 12.6. The quantitative estimate of drug-likeness (QED) is 0.768. The van der Waals surface area contributed by atoms with Crippen molar-refractivity contribution in [1.82, 2.24) is 4.90 Å². The van der Waals surface area contributed by atoms with Crippen molar-refractivity contribution in [3.8, 4) is 0 Å². The van der Waals surface area contributed by atoms with E-state index in [9.17, 15) is 4.79 Å². The van der Waals surface area contributed by atoms with Gasteiger partial charge in [0.2, 0.25) is 0 Å². The summed E-state index contributed by atoms with van der Waals surface area (Å²) in [6.07, 6.45) is -0.171. The van der Waals surface area contributed by atoms with Crippen LogP contribution in [0.5, 0.6) is 0 Å². The van der Waals surface area contributed by atoms with Crippen LogP contribution < -0.4 is 0 Å². The number of nitrogens with zero attached hydrogens (tertiary/aromatic N) is 1. The lowest BCUT2D eigenvalue weighted by Gasteiger charge is -2.42. The van der Waals surface area contributed by atoms with Gasteiger partial charge in [-0.15, -0.1) is 11.6 Å². The summed E-state index contributed by atoms with van der Waals surface area (Å²) < 4.78 is 5.81. The molecule has 1 amide bonds. The van der Waals surface area contributed by atoms with Crippen molar-refractivity contribution >= 4 is 40.7 Å². The Bertz CT molecular complexity index is 519. The molecule has 0 bridgehead atoms. The van der Waals surface area contributed by atoms with Crippen LogP contribution in [0.25, 0.3) is 0 Å². The van der Waals surface area contributed by atoms with E-state index in [-0.39, 0.29) is 12.0 Å². The van der Waals surface area contributed by atoms with E-state index in [1.807, 2.05) is 13.8 Å². The maximum Gasteiger partial charge on any atom is 0.255 e. The summed E-state index contributed by atoms with van der Waals surface area (Å²) in [5.41, 5.74) is 0.0221. The van der Waals surface area contributed by atoms with E-state index >= 15 is 0 Å². The summed E-state index contributed by atoms with van der Waals surface area (Å²) in [5.74, 6) is 0.222. The van der Waals surface area contributed by atoms with Crippen LogP contribution in [0.2, 0.25) is 10.0 Å². The highest BCUT2D eigenvalue weighted by Gasteiger charge is 2.35. The zero-order valence-electron chi connectivity index (χ0n) is 11.3. The molecule has 6 heteroatoms. The number of benzene rings is 1. The molecule has 1 unspecified atom stereocenters. The van der Waals surface area contributed by atoms with E-state index in [0.29, 0.717) is 34.6 Å². The SMILES string of the molecule is CC1(C)CN(C(=O)c2ccc(Cl)cc2Cl)CC(CCl)O1. The van der Waals surface area contributed by atoms with Crippen molar-refractivity contribution in [3.63, 3.8) is 0 Å². The third-order valence-electron chi connectivity index (χ3n) is 3.10. The molecule has 1 aliphatic heterocycles. The Labute approximate surface area is 133 Å². The molecule has 3 nitrogen and oxygen atoms in total. The standard InChI is InChI=1S/C14H16Cl3NO2/c1-14(2)8-18(7-10(6-15)20-14)13(19)11-4-3-9(16)5-12(11)17/h3-5,10H,6-8H2,1-2H3. The molecule has 20 heavy (non-hydrogen) atoms. The fraction of sp³-hybridized carbons (Fsp3) is 0.500. The Hall–Kier alpha value is -0.480. The highest BCUT2D eigenvalue weighted by Crippen LogP contribution is 2.26. The Kier molecular flexibility index (Phi) is 4.85. The van der Waals surface area contributed by atoms with Crippen LogP contribution in [-0.2, 0) is 4.74 Å². The largest absolute Gasteiger partial charge is 0.367 e. The third kappa shape index (κ3) is 3.59. The Balaban J connectivity index is 2.23. The number of halogens is 3. The van der Waals surface area contributed by atoms with Crippen LogP contribution in [-0.4, -0.2) is 41.5 Å². The highest BCUT2D eigenvalue weighted by atomic mass is 35.5. The van der Waals surface area contributed by atoms with Crippen LogP contribution >= 0.6 is 34.8 Å². The maximum atomic E-state index is 12.6. The summed E-state index contributed by atoms with van der Waals surface area (Å²) in [5, 5.41) is 0.863. The molecule has 1 fully saturated rings. The molecule has 1 heterocycles. The lowest BCUT2D eigenvalue weighted by molar-refractivity contribution is -0.117. The van der Waals surface area contributed by atoms with Gasteiger partial charge in [0.05, 0.1) is 28.2 Å². The first-order valence-corrected chi connectivity index (χ1v) is 7.59. The van der Waals surface area contributed by atoms with E-state index in [1.54, 1.807) is 23.1 Å². The second-order valence-corrected chi connectivity index (χ2v) is 6.62. The van der Waals surface area contributed by atoms with Crippen LogP contribution in [0.3, 0.4) is 0 Å². The smallest absolute Gasteiger partial charge is 0.255 e. The van der Waals surface area contributed by atoms with E-state index in [4.69, 9.17) is 39.5 Å². The highest BCUT2D eigenvalue weighted by molar-refractivity contribution is 6.36. The molecule has 1 saturated heterocycles. The number of hydrogen-bond acceptors (Lipinski definition) is 2. The number of carbonyl (C=O) groups is 1. The number of hydrogen-bond donors (Lipinski definition) is 0. The van der Waals surface area contributed by atoms with Crippen molar-refractivity contribution in [3.05, 3.63) is 33.8 Å². The lowest BCUT2D eigenvalue weighted by Crippen LogP contribution is -2.55. The predicted molar refractivity (Wildman–Crippen MR) is 82.0 cm³/mol. The van der Waals surface area contributed by atoms with Gasteiger partial charge in [0.1, 0.15) is 0 Å². The number of carbonyl (C=O) groups excluding carboxylic acids is 1. The minimum Gasteiger partial charge on any atom is -0.367 e. The summed E-state index contributed by atoms with van der Waals surface area (Å²) in [4.78, 5) is 14.3. The second kappa shape index (κ2) is 6.10. The molecular weight excluding hydrogens is 321 g/mol. The number of alkyl halides is 1. The summed E-state index contributed by atoms with van der Waals surface area (Å²) in [6, 6.07) is 4.87. The zero-order chi connectivity index (χ0) is 14.9. The molecule has 0 aliphatic carbocycles. The average molecular weight is 337 g/mol. The van der Waals surface area contributed by atoms with E-state index < -0.39 is 5.60 Å². The van der Waals surface area contributed by atoms with Gasteiger partial charge in [0.15, 0.2) is 0 Å². The van der Waals surface area contributed by atoms with Gasteiger partial charge >= 0.3 is 0 Å². The molecule has 1 aromatic carbocycles. The van der Waals surface area contributed by atoms with Crippen molar-refractivity contribution in [2.75, 3.05) is 19.0 Å². The molecule has 0 aromatic heterocycles. The number of ether oxygens (including phenoxy) is 1. The molecule has 0 spiro atoms. The lowest BCUT2D eigenvalue weighted by atomic mass is 10.0. The number of morpholine rings is 1. The van der Waals surface area contributed by atoms with Crippen molar-refractivity contribution in [2.45, 2.75) is 25.6 Å². The molecule has 1 aromatic rings. The molecule has 1 atom stereocenters. The van der Waals surface area contributed by atoms with Gasteiger partial charge in [0.25, 0.3) is 5.91 Å². The second-order valence-electron chi connectivity index (χ2n) is 5.46. The van der Waals surface area contributed by atoms with Gasteiger partial charge in [-0.05, 0) is 32.0 Å². The zero-order valence-corrected chi connectivity index (χ0v) is 13.6. The van der Waals surface area contributed by atoms with E-state index in [2.05, 4.69) is 0 Å². The molecule has 110 valence electrons. The minimum atomic E-state index is -0.424. The van der Waals surface area contributed by atoms with Crippen molar-refractivity contribution < 1.29 is 9.53 Å². The number of amides is 1. The minimum absolute atomic E-state index is 0.127. The van der Waals surface area contributed by atoms with Gasteiger partial charge < -0.3 is 9.64 Å². The first-order chi connectivity index (χ1) is 9.32. The fourth-order valence-corrected chi connectivity index (χ4v) is 3.01. The first kappa shape index (κ1) is 15.9. The fourth-order valence-electron chi connectivity index (χ4n) is 2.36. The summed E-state index contributed by atoms with van der Waals surface area (Å²) in [7, 11) is 0. The monoisotopic (exact) mass is 335 g/mol. The molecule has 0 radical (unpaired) electrons. The summed E-state index contributed by atoms with van der Waals surface area (Å²) in [6.45, 7) is 4.84. The van der Waals surface area contributed by atoms with Crippen LogP contribution in [0.15, 0.2) is 18.2 Å². The topological polar surface area (TPSA) is 29.5 Å². The van der Waals surface area contributed by atoms with Gasteiger partial charge in [-0.1, -0.05) is 23.2 Å². The van der Waals surface area contributed by atoms with Crippen LogP contribution in [0.1, 0.15) is 24.2 Å². The van der Waals surface area contributed by atoms with Gasteiger partial charge in [-0.2, -0.15) is 0 Å². The van der Waals surface area contributed by atoms with Gasteiger partial charge in [-0.3, -0.25) is 4.79 Å². The number of rotatable bonds is 2. The Morgan fingerprint density at radius 2 is 2.15 bits per heavy atom. The van der Waals surface area contributed by atoms with Crippen molar-refractivity contribution in [1.29, 1.82) is 0 Å². The summed E-state index contributed by atoms with van der Waals surface area (Å²) >= 11 is 17.8. The van der Waals surface area contributed by atoms with Gasteiger partial charge in [0, 0.05) is 18.1 Å². The molecule has 0 N–H and O–H groups in total. The van der Waals surface area contributed by atoms with Gasteiger partial charge in [-0.25, -0.2) is 0 Å². The Morgan fingerprint density at radius 3 is 2.75 bits per heavy atom. The van der Waals surface area contributed by atoms with E-state index in [1.165, 1.54) is 0 Å². The Morgan fingerprint density at radius 1 is 1.45 bits per heavy atom. The molecule has 1 aliphatic rings.